The van der Waals surface area contributed by atoms with E-state index in [0.717, 1.165) is 24.2 Å². The summed E-state index contributed by atoms with van der Waals surface area (Å²) in [4.78, 5) is 26.0. The summed E-state index contributed by atoms with van der Waals surface area (Å²) in [6.45, 7) is 7.46. The molecule has 0 saturated heterocycles. The highest BCUT2D eigenvalue weighted by atomic mass is 16.5. The van der Waals surface area contributed by atoms with E-state index in [9.17, 15) is 14.7 Å². The van der Waals surface area contributed by atoms with E-state index < -0.39 is 11.9 Å². The van der Waals surface area contributed by atoms with Crippen LogP contribution in [-0.4, -0.2) is 44.2 Å². The predicted octanol–water partition coefficient (Wildman–Crippen LogP) is 2.72. The SMILES string of the molecule is Cc1cc(-n2c(C)cc(C(=O)N(CC(C)C(=O)O)C3CC3)c2C)no1. The summed E-state index contributed by atoms with van der Waals surface area (Å²) in [6, 6.07) is 3.80. The van der Waals surface area contributed by atoms with Crippen molar-refractivity contribution >= 4 is 11.9 Å². The van der Waals surface area contributed by atoms with E-state index in [1.807, 2.05) is 37.5 Å². The summed E-state index contributed by atoms with van der Waals surface area (Å²) < 4.78 is 7.03. The third-order valence-electron chi connectivity index (χ3n) is 4.65. The maximum absolute atomic E-state index is 13.1. The van der Waals surface area contributed by atoms with Crippen molar-refractivity contribution in [3.8, 4) is 5.82 Å². The lowest BCUT2D eigenvalue weighted by molar-refractivity contribution is -0.141. The molecule has 2 aromatic rings. The Morgan fingerprint density at radius 3 is 2.56 bits per heavy atom. The number of hydrogen-bond acceptors (Lipinski definition) is 4. The van der Waals surface area contributed by atoms with Gasteiger partial charge in [0.1, 0.15) is 5.76 Å². The van der Waals surface area contributed by atoms with E-state index in [0.29, 0.717) is 17.1 Å². The monoisotopic (exact) mass is 345 g/mol. The Hall–Kier alpha value is -2.57. The second kappa shape index (κ2) is 6.38. The molecule has 1 unspecified atom stereocenters. The molecule has 25 heavy (non-hydrogen) atoms. The minimum atomic E-state index is -0.887. The number of hydrogen-bond donors (Lipinski definition) is 1. The summed E-state index contributed by atoms with van der Waals surface area (Å²) in [6.07, 6.45) is 1.86. The van der Waals surface area contributed by atoms with Crippen molar-refractivity contribution in [1.29, 1.82) is 0 Å². The van der Waals surface area contributed by atoms with Crippen molar-refractivity contribution in [1.82, 2.24) is 14.6 Å². The molecule has 1 fully saturated rings. The van der Waals surface area contributed by atoms with Gasteiger partial charge in [-0.3, -0.25) is 14.2 Å². The molecule has 1 N–H and O–H groups in total. The first-order valence-corrected chi connectivity index (χ1v) is 8.46. The van der Waals surface area contributed by atoms with E-state index >= 15 is 0 Å². The van der Waals surface area contributed by atoms with Crippen LogP contribution in [-0.2, 0) is 4.79 Å². The van der Waals surface area contributed by atoms with Crippen molar-refractivity contribution in [2.24, 2.45) is 5.92 Å². The molecule has 0 bridgehead atoms. The Morgan fingerprint density at radius 2 is 2.04 bits per heavy atom. The lowest BCUT2D eigenvalue weighted by Gasteiger charge is -2.24. The summed E-state index contributed by atoms with van der Waals surface area (Å²) >= 11 is 0. The van der Waals surface area contributed by atoms with Crippen molar-refractivity contribution in [2.45, 2.75) is 46.6 Å². The molecule has 1 saturated carbocycles. The number of carbonyl (C=O) groups is 2. The van der Waals surface area contributed by atoms with Gasteiger partial charge in [-0.2, -0.15) is 0 Å². The molecule has 2 aromatic heterocycles. The van der Waals surface area contributed by atoms with Gasteiger partial charge in [-0.05, 0) is 39.7 Å². The smallest absolute Gasteiger partial charge is 0.308 e. The highest BCUT2D eigenvalue weighted by Gasteiger charge is 2.36. The molecule has 1 atom stereocenters. The molecule has 1 aliphatic carbocycles. The van der Waals surface area contributed by atoms with E-state index in [4.69, 9.17) is 4.52 Å². The van der Waals surface area contributed by atoms with Gasteiger partial charge in [0.25, 0.3) is 5.91 Å². The molecule has 7 nitrogen and oxygen atoms in total. The molecule has 3 rings (SSSR count). The Labute approximate surface area is 146 Å². The Bertz CT molecular complexity index is 816. The van der Waals surface area contributed by atoms with Crippen LogP contribution in [0.5, 0.6) is 0 Å². The maximum Gasteiger partial charge on any atom is 0.308 e. The minimum Gasteiger partial charge on any atom is -0.481 e. The molecule has 1 amide bonds. The van der Waals surface area contributed by atoms with Gasteiger partial charge in [0, 0.05) is 30.0 Å². The van der Waals surface area contributed by atoms with Gasteiger partial charge in [0.2, 0.25) is 0 Å². The predicted molar refractivity (Wildman–Crippen MR) is 90.9 cm³/mol. The average molecular weight is 345 g/mol. The number of carbonyl (C=O) groups excluding carboxylic acids is 1. The largest absolute Gasteiger partial charge is 0.481 e. The van der Waals surface area contributed by atoms with Crippen LogP contribution in [0.4, 0.5) is 0 Å². The maximum atomic E-state index is 13.1. The first-order chi connectivity index (χ1) is 11.8. The average Bonchev–Trinajstić information content (AvgIpc) is 3.24. The van der Waals surface area contributed by atoms with Gasteiger partial charge in [-0.25, -0.2) is 0 Å². The second-order valence-corrected chi connectivity index (χ2v) is 6.84. The van der Waals surface area contributed by atoms with Crippen LogP contribution < -0.4 is 0 Å². The van der Waals surface area contributed by atoms with Crippen molar-refractivity contribution < 1.29 is 19.2 Å². The number of aryl methyl sites for hydroxylation is 2. The number of carboxylic acids is 1. The van der Waals surface area contributed by atoms with Gasteiger partial charge < -0.3 is 14.5 Å². The fraction of sp³-hybridized carbons (Fsp3) is 0.500. The fourth-order valence-corrected chi connectivity index (χ4v) is 3.10. The van der Waals surface area contributed by atoms with Crippen molar-refractivity contribution in [2.75, 3.05) is 6.54 Å². The van der Waals surface area contributed by atoms with Crippen LogP contribution in [0.15, 0.2) is 16.7 Å². The van der Waals surface area contributed by atoms with Crippen LogP contribution in [0.25, 0.3) is 5.82 Å². The number of carboxylic acid groups (broad SMARTS) is 1. The highest BCUT2D eigenvalue weighted by molar-refractivity contribution is 5.96. The molecular weight excluding hydrogens is 322 g/mol. The number of amides is 1. The van der Waals surface area contributed by atoms with E-state index in [1.165, 1.54) is 0 Å². The third-order valence-corrected chi connectivity index (χ3v) is 4.65. The van der Waals surface area contributed by atoms with Crippen LogP contribution in [0, 0.1) is 26.7 Å². The summed E-state index contributed by atoms with van der Waals surface area (Å²) in [5.41, 5.74) is 2.25. The summed E-state index contributed by atoms with van der Waals surface area (Å²) in [5, 5.41) is 13.2. The molecule has 7 heteroatoms. The second-order valence-electron chi connectivity index (χ2n) is 6.84. The van der Waals surface area contributed by atoms with E-state index in [-0.39, 0.29) is 18.5 Å². The summed E-state index contributed by atoms with van der Waals surface area (Å²) in [5.74, 6) is -0.253. The zero-order valence-electron chi connectivity index (χ0n) is 14.9. The number of nitrogens with zero attached hydrogens (tertiary/aromatic N) is 3. The Kier molecular flexibility index (Phi) is 4.41. The number of rotatable bonds is 6. The third kappa shape index (κ3) is 3.31. The molecule has 134 valence electrons. The van der Waals surface area contributed by atoms with Crippen LogP contribution in [0.1, 0.15) is 47.3 Å². The Morgan fingerprint density at radius 1 is 1.36 bits per heavy atom. The van der Waals surface area contributed by atoms with Gasteiger partial charge >= 0.3 is 5.97 Å². The van der Waals surface area contributed by atoms with E-state index in [1.54, 1.807) is 11.8 Å². The quantitative estimate of drug-likeness (QED) is 0.869. The highest BCUT2D eigenvalue weighted by Crippen LogP contribution is 2.31. The first kappa shape index (κ1) is 17.3. The lowest BCUT2D eigenvalue weighted by Crippen LogP contribution is -2.38. The normalized spacial score (nSPS) is 15.2. The lowest BCUT2D eigenvalue weighted by atomic mass is 10.1. The first-order valence-electron chi connectivity index (χ1n) is 8.46. The standard InChI is InChI=1S/C18H23N3O4/c1-10(18(23)24)9-20(14-5-6-14)17(22)15-7-11(2)21(13(15)4)16-8-12(3)25-19-16/h7-8,10,14H,5-6,9H2,1-4H3,(H,23,24). The molecule has 0 radical (unpaired) electrons. The van der Waals surface area contributed by atoms with Crippen molar-refractivity contribution in [3.05, 3.63) is 34.8 Å². The topological polar surface area (TPSA) is 88.6 Å². The fourth-order valence-electron chi connectivity index (χ4n) is 3.10. The van der Waals surface area contributed by atoms with Gasteiger partial charge in [0.15, 0.2) is 5.82 Å². The van der Waals surface area contributed by atoms with Gasteiger partial charge in [0.05, 0.1) is 11.5 Å². The minimum absolute atomic E-state index is 0.116. The number of aromatic nitrogens is 2. The number of aliphatic carboxylic acids is 1. The van der Waals surface area contributed by atoms with E-state index in [2.05, 4.69) is 5.16 Å². The summed E-state index contributed by atoms with van der Waals surface area (Å²) in [7, 11) is 0. The molecular formula is C18H23N3O4. The molecule has 0 spiro atoms. The molecule has 0 aliphatic heterocycles. The Balaban J connectivity index is 1.92. The van der Waals surface area contributed by atoms with Gasteiger partial charge in [-0.1, -0.05) is 12.1 Å². The molecule has 0 aromatic carbocycles. The molecule has 1 aliphatic rings. The van der Waals surface area contributed by atoms with Crippen LogP contribution >= 0.6 is 0 Å². The van der Waals surface area contributed by atoms with Crippen LogP contribution in [0.3, 0.4) is 0 Å². The van der Waals surface area contributed by atoms with Crippen LogP contribution in [0.2, 0.25) is 0 Å². The van der Waals surface area contributed by atoms with Crippen molar-refractivity contribution in [3.63, 3.8) is 0 Å². The van der Waals surface area contributed by atoms with Gasteiger partial charge in [-0.15, -0.1) is 0 Å². The zero-order valence-corrected chi connectivity index (χ0v) is 14.9. The molecule has 2 heterocycles. The zero-order chi connectivity index (χ0) is 18.3.